The molecule has 0 aliphatic rings. The molecule has 107 valence electrons. The van der Waals surface area contributed by atoms with E-state index in [0.29, 0.717) is 4.90 Å². The van der Waals surface area contributed by atoms with Crippen LogP contribution in [0.1, 0.15) is 0 Å². The summed E-state index contributed by atoms with van der Waals surface area (Å²) in [5.74, 6) is 0. The molecule has 3 aromatic rings. The molecule has 2 aromatic carbocycles. The summed E-state index contributed by atoms with van der Waals surface area (Å²) in [6, 6.07) is 17.7. The topological polar surface area (TPSA) is 42.3 Å². The Morgan fingerprint density at radius 2 is 1.76 bits per heavy atom. The number of hydrogen-bond acceptors (Lipinski definition) is 2. The molecule has 0 N–H and O–H groups in total. The highest BCUT2D eigenvalue weighted by Gasteiger charge is 2.16. The maximum absolute atomic E-state index is 12.1. The summed E-state index contributed by atoms with van der Waals surface area (Å²) in [6.45, 7) is 0. The van der Waals surface area contributed by atoms with Crippen LogP contribution in [-0.2, 0) is 10.0 Å². The lowest BCUT2D eigenvalue weighted by Crippen LogP contribution is -2.22. The fraction of sp³-hybridized carbons (Fsp3) is 0.125. The second-order valence-corrected chi connectivity index (χ2v) is 7.10. The van der Waals surface area contributed by atoms with Crippen LogP contribution in [0.5, 0.6) is 0 Å². The minimum atomic E-state index is -3.39. The number of fused-ring (bicyclic) bond motifs is 1. The Hall–Kier alpha value is -2.11. The van der Waals surface area contributed by atoms with Gasteiger partial charge in [-0.15, -0.1) is 0 Å². The molecule has 0 saturated carbocycles. The summed E-state index contributed by atoms with van der Waals surface area (Å²) in [6.07, 6.45) is 1.97. The molecule has 1 radical (unpaired) electrons. The van der Waals surface area contributed by atoms with Crippen LogP contribution in [-0.4, -0.2) is 31.4 Å². The summed E-state index contributed by atoms with van der Waals surface area (Å²) in [4.78, 5) is 0.293. The van der Waals surface area contributed by atoms with Gasteiger partial charge in [-0.05, 0) is 48.5 Å². The van der Waals surface area contributed by atoms with Crippen molar-refractivity contribution in [2.24, 2.45) is 0 Å². The van der Waals surface area contributed by atoms with Gasteiger partial charge in [-0.25, -0.2) is 12.7 Å². The highest BCUT2D eigenvalue weighted by Crippen LogP contribution is 2.22. The van der Waals surface area contributed by atoms with E-state index in [-0.39, 0.29) is 0 Å². The molecule has 1 heterocycles. The van der Waals surface area contributed by atoms with Gasteiger partial charge < -0.3 is 4.57 Å². The number of rotatable bonds is 3. The van der Waals surface area contributed by atoms with Gasteiger partial charge >= 0.3 is 0 Å². The molecular weight excluding hydrogens is 284 g/mol. The highest BCUT2D eigenvalue weighted by molar-refractivity contribution is 7.89. The second-order valence-electron chi connectivity index (χ2n) is 4.95. The minimum Gasteiger partial charge on any atom is -0.317 e. The van der Waals surface area contributed by atoms with E-state index in [9.17, 15) is 8.42 Å². The smallest absolute Gasteiger partial charge is 0.242 e. The summed E-state index contributed by atoms with van der Waals surface area (Å²) >= 11 is 0. The van der Waals surface area contributed by atoms with Gasteiger partial charge in [-0.2, -0.15) is 0 Å². The molecule has 0 fully saturated rings. The number of nitrogens with zero attached hydrogens (tertiary/aromatic N) is 2. The van der Waals surface area contributed by atoms with Crippen molar-refractivity contribution in [3.05, 3.63) is 60.8 Å². The quantitative estimate of drug-likeness (QED) is 0.746. The maximum atomic E-state index is 12.1. The van der Waals surface area contributed by atoms with Gasteiger partial charge in [0.05, 0.1) is 10.4 Å². The van der Waals surface area contributed by atoms with Crippen LogP contribution in [0, 0.1) is 6.07 Å². The molecule has 21 heavy (non-hydrogen) atoms. The van der Waals surface area contributed by atoms with Gasteiger partial charge in [0.1, 0.15) is 0 Å². The Labute approximate surface area is 124 Å². The van der Waals surface area contributed by atoms with Crippen molar-refractivity contribution in [2.75, 3.05) is 14.1 Å². The summed E-state index contributed by atoms with van der Waals surface area (Å²) in [5.41, 5.74) is 1.99. The average Bonchev–Trinajstić information content (AvgIpc) is 2.91. The molecule has 0 unspecified atom stereocenters. The predicted octanol–water partition coefficient (Wildman–Crippen LogP) is 2.68. The molecule has 3 rings (SSSR count). The van der Waals surface area contributed by atoms with E-state index in [0.717, 1.165) is 16.6 Å². The van der Waals surface area contributed by atoms with Crippen LogP contribution in [0.4, 0.5) is 0 Å². The van der Waals surface area contributed by atoms with Gasteiger partial charge in [-0.1, -0.05) is 6.07 Å². The van der Waals surface area contributed by atoms with Crippen LogP contribution in [0.15, 0.2) is 59.6 Å². The molecule has 5 heteroatoms. The number of sulfonamides is 1. The maximum Gasteiger partial charge on any atom is 0.242 e. The molecule has 0 bridgehead atoms. The van der Waals surface area contributed by atoms with Crippen molar-refractivity contribution in [1.82, 2.24) is 8.87 Å². The Balaban J connectivity index is 2.06. The van der Waals surface area contributed by atoms with Crippen LogP contribution in [0.25, 0.3) is 16.6 Å². The zero-order valence-electron chi connectivity index (χ0n) is 11.8. The average molecular weight is 299 g/mol. The molecule has 0 amide bonds. The Bertz CT molecular complexity index is 878. The van der Waals surface area contributed by atoms with E-state index in [4.69, 9.17) is 0 Å². The Morgan fingerprint density at radius 3 is 2.43 bits per heavy atom. The monoisotopic (exact) mass is 299 g/mol. The molecule has 0 aliphatic carbocycles. The number of aromatic nitrogens is 1. The summed E-state index contributed by atoms with van der Waals surface area (Å²) < 4.78 is 27.3. The van der Waals surface area contributed by atoms with Crippen LogP contribution >= 0.6 is 0 Å². The zero-order valence-corrected chi connectivity index (χ0v) is 12.6. The Kier molecular flexibility index (Phi) is 3.31. The first-order valence-electron chi connectivity index (χ1n) is 6.50. The van der Waals surface area contributed by atoms with E-state index in [1.54, 1.807) is 12.1 Å². The van der Waals surface area contributed by atoms with Crippen molar-refractivity contribution in [1.29, 1.82) is 0 Å². The Morgan fingerprint density at radius 1 is 1.05 bits per heavy atom. The van der Waals surface area contributed by atoms with E-state index in [2.05, 4.69) is 6.07 Å². The van der Waals surface area contributed by atoms with Crippen molar-refractivity contribution >= 4 is 20.9 Å². The van der Waals surface area contributed by atoms with Gasteiger partial charge in [-0.3, -0.25) is 0 Å². The van der Waals surface area contributed by atoms with E-state index < -0.39 is 10.0 Å². The summed E-state index contributed by atoms with van der Waals surface area (Å²) in [5, 5.41) is 1.10. The largest absolute Gasteiger partial charge is 0.317 e. The lowest BCUT2D eigenvalue weighted by Gasteiger charge is -2.12. The zero-order chi connectivity index (χ0) is 15.0. The van der Waals surface area contributed by atoms with E-state index in [1.807, 2.05) is 47.2 Å². The molecule has 4 nitrogen and oxygen atoms in total. The summed E-state index contributed by atoms with van der Waals surface area (Å²) in [7, 11) is -0.332. The first kappa shape index (κ1) is 13.9. The van der Waals surface area contributed by atoms with Gasteiger partial charge in [0.2, 0.25) is 10.0 Å². The first-order valence-corrected chi connectivity index (χ1v) is 7.94. The minimum absolute atomic E-state index is 0.293. The normalized spacial score (nSPS) is 12.1. The fourth-order valence-electron chi connectivity index (χ4n) is 2.24. The van der Waals surface area contributed by atoms with Gasteiger partial charge in [0.15, 0.2) is 0 Å². The van der Waals surface area contributed by atoms with Crippen molar-refractivity contribution in [3.63, 3.8) is 0 Å². The molecule has 0 saturated heterocycles. The lowest BCUT2D eigenvalue weighted by molar-refractivity contribution is 0.521. The van der Waals surface area contributed by atoms with E-state index in [1.165, 1.54) is 18.4 Å². The number of hydrogen-bond donors (Lipinski definition) is 0. The highest BCUT2D eigenvalue weighted by atomic mass is 32.2. The third-order valence-corrected chi connectivity index (χ3v) is 5.26. The third kappa shape index (κ3) is 2.34. The lowest BCUT2D eigenvalue weighted by atomic mass is 10.2. The standard InChI is InChI=1S/C16H15N2O2S/c1-17(2)21(19,20)15-9-7-14(8-10-15)18-12-11-13-5-3-4-6-16(13)18/h4-12H,1-2H3. The van der Waals surface area contributed by atoms with Crippen LogP contribution in [0.2, 0.25) is 0 Å². The molecule has 0 spiro atoms. The second kappa shape index (κ2) is 5.02. The van der Waals surface area contributed by atoms with Crippen LogP contribution < -0.4 is 0 Å². The van der Waals surface area contributed by atoms with Crippen molar-refractivity contribution in [3.8, 4) is 5.69 Å². The van der Waals surface area contributed by atoms with Gasteiger partial charge in [0.25, 0.3) is 0 Å². The number of benzene rings is 2. The van der Waals surface area contributed by atoms with Crippen molar-refractivity contribution in [2.45, 2.75) is 4.90 Å². The van der Waals surface area contributed by atoms with Gasteiger partial charge in [0, 0.05) is 31.4 Å². The molecule has 1 aromatic heterocycles. The molecule has 0 aliphatic heterocycles. The van der Waals surface area contributed by atoms with Crippen LogP contribution in [0.3, 0.4) is 0 Å². The SMILES string of the molecule is CN(C)S(=O)(=O)c1ccc(-n2ccc3c[c]ccc32)cc1. The predicted molar refractivity (Wildman–Crippen MR) is 83.0 cm³/mol. The van der Waals surface area contributed by atoms with E-state index >= 15 is 0 Å². The first-order chi connectivity index (χ1) is 10.00. The van der Waals surface area contributed by atoms with Crippen molar-refractivity contribution < 1.29 is 8.42 Å². The molecule has 0 atom stereocenters. The molecular formula is C16H15N2O2S. The third-order valence-electron chi connectivity index (χ3n) is 3.43. The fourth-order valence-corrected chi connectivity index (χ4v) is 3.14.